The van der Waals surface area contributed by atoms with E-state index >= 15 is 0 Å². The molecule has 1 aromatic carbocycles. The van der Waals surface area contributed by atoms with Gasteiger partial charge < -0.3 is 19.7 Å². The van der Waals surface area contributed by atoms with Gasteiger partial charge in [0.25, 0.3) is 0 Å². The minimum Gasteiger partial charge on any atom is -0.491 e. The summed E-state index contributed by atoms with van der Waals surface area (Å²) in [7, 11) is 0. The maximum atomic E-state index is 12.8. The molecule has 2 aliphatic rings. The second kappa shape index (κ2) is 12.5. The predicted octanol–water partition coefficient (Wildman–Crippen LogP) is 5.38. The lowest BCUT2D eigenvalue weighted by molar-refractivity contribution is -0.147. The fourth-order valence-corrected chi connectivity index (χ4v) is 6.76. The van der Waals surface area contributed by atoms with Crippen molar-refractivity contribution in [3.8, 4) is 5.75 Å². The number of aliphatic hydroxyl groups is 2. The van der Waals surface area contributed by atoms with Crippen molar-refractivity contribution in [2.75, 3.05) is 6.61 Å². The number of hydrogen-bond acceptors (Lipinski definition) is 6. The van der Waals surface area contributed by atoms with E-state index < -0.39 is 23.9 Å². The summed E-state index contributed by atoms with van der Waals surface area (Å²) in [5, 5.41) is 21.7. The van der Waals surface area contributed by atoms with Crippen LogP contribution in [0, 0.1) is 11.8 Å². The maximum Gasteiger partial charge on any atom is 0.416 e. The number of esters is 1. The topological polar surface area (TPSA) is 76.0 Å². The van der Waals surface area contributed by atoms with Crippen LogP contribution in [0.1, 0.15) is 57.9 Å². The molecular formula is C26H35F3O5S. The Morgan fingerprint density at radius 2 is 2.06 bits per heavy atom. The van der Waals surface area contributed by atoms with Gasteiger partial charge in [-0.1, -0.05) is 18.2 Å². The van der Waals surface area contributed by atoms with Crippen LogP contribution in [0.2, 0.25) is 0 Å². The van der Waals surface area contributed by atoms with Crippen LogP contribution < -0.4 is 4.74 Å². The van der Waals surface area contributed by atoms with Gasteiger partial charge in [-0.2, -0.15) is 24.9 Å². The SMILES string of the molecule is CC(C)OC(=O)CCC[C@H]1CC[C@@H]2[C@@H](/C=C/[C@@H](O)COc3cccc(C(F)(F)F)c3)[C@H](O)C[C@@H]2S1. The molecule has 9 heteroatoms. The van der Waals surface area contributed by atoms with Gasteiger partial charge in [-0.3, -0.25) is 4.79 Å². The van der Waals surface area contributed by atoms with Crippen LogP contribution >= 0.6 is 11.8 Å². The Bertz CT molecular complexity index is 860. The molecule has 3 rings (SSSR count). The van der Waals surface area contributed by atoms with Gasteiger partial charge in [0.15, 0.2) is 0 Å². The Morgan fingerprint density at radius 1 is 1.29 bits per heavy atom. The van der Waals surface area contributed by atoms with Gasteiger partial charge in [0, 0.05) is 22.8 Å². The van der Waals surface area contributed by atoms with E-state index in [0.29, 0.717) is 29.3 Å². The number of ether oxygens (including phenoxy) is 2. The Morgan fingerprint density at radius 3 is 2.77 bits per heavy atom. The van der Waals surface area contributed by atoms with Gasteiger partial charge >= 0.3 is 12.1 Å². The average Bonchev–Trinajstić information content (AvgIpc) is 3.09. The quantitative estimate of drug-likeness (QED) is 0.321. The van der Waals surface area contributed by atoms with Crippen molar-refractivity contribution in [1.82, 2.24) is 0 Å². The molecule has 0 unspecified atom stereocenters. The minimum atomic E-state index is -4.45. The molecule has 0 bridgehead atoms. The van der Waals surface area contributed by atoms with Crippen LogP contribution in [-0.4, -0.2) is 51.6 Å². The van der Waals surface area contributed by atoms with E-state index in [4.69, 9.17) is 9.47 Å². The third-order valence-electron chi connectivity index (χ3n) is 6.49. The standard InChI is InChI=1S/C26H35F3O5S/c1-16(2)34-25(32)8-4-7-20-10-12-22-21(23(31)14-24(22)35-20)11-9-18(30)15-33-19-6-3-5-17(13-19)26(27,28)29/h3,5-6,9,11,13,16,18,20-24,30-31H,4,7-8,10,12,14-15H2,1-2H3/b11-9+/t18-,20+,21-,22-,23-,24+/m1/s1. The fourth-order valence-electron chi connectivity index (χ4n) is 4.87. The zero-order valence-electron chi connectivity index (χ0n) is 20.1. The molecule has 35 heavy (non-hydrogen) atoms. The maximum absolute atomic E-state index is 12.8. The smallest absolute Gasteiger partial charge is 0.416 e. The molecule has 1 aromatic rings. The number of rotatable bonds is 10. The number of aliphatic hydroxyl groups excluding tert-OH is 2. The molecule has 0 spiro atoms. The van der Waals surface area contributed by atoms with Crippen molar-refractivity contribution < 1.29 is 37.7 Å². The number of hydrogen-bond donors (Lipinski definition) is 2. The van der Waals surface area contributed by atoms with Gasteiger partial charge in [0.1, 0.15) is 18.5 Å². The van der Waals surface area contributed by atoms with E-state index in [0.717, 1.165) is 37.8 Å². The Labute approximate surface area is 209 Å². The third kappa shape index (κ3) is 8.43. The Kier molecular flexibility index (Phi) is 9.95. The summed E-state index contributed by atoms with van der Waals surface area (Å²) < 4.78 is 49.0. The van der Waals surface area contributed by atoms with Crippen molar-refractivity contribution in [1.29, 1.82) is 0 Å². The number of alkyl halides is 3. The molecule has 1 heterocycles. The van der Waals surface area contributed by atoms with E-state index in [1.165, 1.54) is 12.1 Å². The Hall–Kier alpha value is -1.71. The summed E-state index contributed by atoms with van der Waals surface area (Å²) in [5.41, 5.74) is -0.802. The molecule has 0 aromatic heterocycles. The lowest BCUT2D eigenvalue weighted by Crippen LogP contribution is -2.27. The first-order valence-electron chi connectivity index (χ1n) is 12.2. The summed E-state index contributed by atoms with van der Waals surface area (Å²) in [6.45, 7) is 3.51. The third-order valence-corrected chi connectivity index (χ3v) is 8.24. The van der Waals surface area contributed by atoms with Crippen LogP contribution in [0.5, 0.6) is 5.75 Å². The summed E-state index contributed by atoms with van der Waals surface area (Å²) >= 11 is 1.90. The highest BCUT2D eigenvalue weighted by Gasteiger charge is 2.44. The van der Waals surface area contributed by atoms with Crippen molar-refractivity contribution in [3.05, 3.63) is 42.0 Å². The molecule has 196 valence electrons. The van der Waals surface area contributed by atoms with Gasteiger partial charge in [-0.25, -0.2) is 0 Å². The summed E-state index contributed by atoms with van der Waals surface area (Å²) in [6, 6.07) is 4.56. The highest BCUT2D eigenvalue weighted by molar-refractivity contribution is 8.00. The molecule has 0 radical (unpaired) electrons. The monoisotopic (exact) mass is 516 g/mol. The molecule has 6 atom stereocenters. The van der Waals surface area contributed by atoms with Gasteiger partial charge in [0.2, 0.25) is 0 Å². The largest absolute Gasteiger partial charge is 0.491 e. The first kappa shape index (κ1) is 27.9. The zero-order valence-corrected chi connectivity index (χ0v) is 20.9. The first-order valence-corrected chi connectivity index (χ1v) is 13.2. The van der Waals surface area contributed by atoms with Crippen molar-refractivity contribution in [2.24, 2.45) is 11.8 Å². The summed E-state index contributed by atoms with van der Waals surface area (Å²) in [6.07, 6.45) is 2.21. The van der Waals surface area contributed by atoms with Crippen LogP contribution in [0.4, 0.5) is 13.2 Å². The van der Waals surface area contributed by atoms with E-state index in [1.54, 1.807) is 6.08 Å². The highest BCUT2D eigenvalue weighted by atomic mass is 32.2. The van der Waals surface area contributed by atoms with Crippen molar-refractivity contribution in [3.63, 3.8) is 0 Å². The van der Waals surface area contributed by atoms with Gasteiger partial charge in [-0.15, -0.1) is 0 Å². The molecule has 5 nitrogen and oxygen atoms in total. The Balaban J connectivity index is 1.44. The number of carbonyl (C=O) groups is 1. The van der Waals surface area contributed by atoms with Crippen molar-refractivity contribution >= 4 is 17.7 Å². The lowest BCUT2D eigenvalue weighted by Gasteiger charge is -2.33. The van der Waals surface area contributed by atoms with E-state index in [9.17, 15) is 28.2 Å². The highest BCUT2D eigenvalue weighted by Crippen LogP contribution is 2.49. The van der Waals surface area contributed by atoms with Crippen LogP contribution in [0.15, 0.2) is 36.4 Å². The molecule has 1 aliphatic heterocycles. The molecule has 1 saturated carbocycles. The van der Waals surface area contributed by atoms with Crippen LogP contribution in [-0.2, 0) is 15.7 Å². The van der Waals surface area contributed by atoms with E-state index in [1.807, 2.05) is 31.7 Å². The first-order chi connectivity index (χ1) is 16.5. The van der Waals surface area contributed by atoms with E-state index in [-0.39, 0.29) is 30.3 Å². The molecule has 0 amide bonds. The second-order valence-corrected chi connectivity index (χ2v) is 11.2. The number of halogens is 3. The normalized spacial score (nSPS) is 27.7. The van der Waals surface area contributed by atoms with Crippen LogP contribution in [0.25, 0.3) is 0 Å². The summed E-state index contributed by atoms with van der Waals surface area (Å²) in [5.74, 6) is 0.124. The lowest BCUT2D eigenvalue weighted by atomic mass is 9.88. The van der Waals surface area contributed by atoms with E-state index in [2.05, 4.69) is 0 Å². The van der Waals surface area contributed by atoms with Crippen molar-refractivity contribution in [2.45, 2.75) is 87.4 Å². The number of thioether (sulfide) groups is 1. The molecule has 2 N–H and O–H groups in total. The molecule has 2 fully saturated rings. The van der Waals surface area contributed by atoms with Gasteiger partial charge in [-0.05, 0) is 70.1 Å². The summed E-state index contributed by atoms with van der Waals surface area (Å²) in [4.78, 5) is 11.7. The number of fused-ring (bicyclic) bond motifs is 1. The second-order valence-electron chi connectivity index (χ2n) is 9.64. The van der Waals surface area contributed by atoms with Crippen LogP contribution in [0.3, 0.4) is 0 Å². The fraction of sp³-hybridized carbons (Fsp3) is 0.654. The van der Waals surface area contributed by atoms with Gasteiger partial charge in [0.05, 0.1) is 17.8 Å². The molecule has 1 saturated heterocycles. The average molecular weight is 517 g/mol. The number of benzene rings is 1. The molecule has 1 aliphatic carbocycles. The zero-order chi connectivity index (χ0) is 25.6. The minimum absolute atomic E-state index is 0.0421. The molecular weight excluding hydrogens is 481 g/mol. The predicted molar refractivity (Wildman–Crippen MR) is 129 cm³/mol. The number of carbonyl (C=O) groups excluding carboxylic acids is 1.